The molecule has 6 atom stereocenters. The van der Waals surface area contributed by atoms with Gasteiger partial charge >= 0.3 is 23.9 Å². The van der Waals surface area contributed by atoms with Gasteiger partial charge in [-0.2, -0.15) is 0 Å². The number of rotatable bonds is 49. The van der Waals surface area contributed by atoms with Crippen LogP contribution in [-0.2, 0) is 42.9 Å². The van der Waals surface area contributed by atoms with Crippen molar-refractivity contribution < 1.29 is 58.2 Å². The number of aliphatic hydroxyl groups excluding tert-OH is 2. The van der Waals surface area contributed by atoms with Crippen LogP contribution in [-0.4, -0.2) is 89.2 Å². The Hall–Kier alpha value is -3.58. The Balaban J connectivity index is 2.72. The van der Waals surface area contributed by atoms with Crippen LogP contribution in [0.25, 0.3) is 0 Å². The van der Waals surface area contributed by atoms with Crippen molar-refractivity contribution in [2.75, 3.05) is 13.2 Å². The van der Waals surface area contributed by atoms with Crippen LogP contribution in [0.3, 0.4) is 0 Å². The Kier molecular flexibility index (Phi) is 45.5. The van der Waals surface area contributed by atoms with Gasteiger partial charge in [0.05, 0.1) is 6.61 Å². The van der Waals surface area contributed by atoms with Gasteiger partial charge < -0.3 is 39.0 Å². The van der Waals surface area contributed by atoms with E-state index in [1.54, 1.807) is 0 Å². The normalized spacial score (nSPS) is 18.7. The number of allylic oxidation sites excluding steroid dienone is 10. The fourth-order valence-corrected chi connectivity index (χ4v) is 8.55. The van der Waals surface area contributed by atoms with Crippen molar-refractivity contribution in [1.29, 1.82) is 0 Å². The van der Waals surface area contributed by atoms with Crippen molar-refractivity contribution in [3.63, 3.8) is 0 Å². The molecule has 0 aromatic heterocycles. The molecule has 1 aliphatic heterocycles. The minimum atomic E-state index is -1.91. The predicted octanol–water partition coefficient (Wildman–Crippen LogP) is 14.8. The van der Waals surface area contributed by atoms with Crippen molar-refractivity contribution in [1.82, 2.24) is 0 Å². The number of hydrogen-bond acceptors (Lipinski definition) is 11. The minimum absolute atomic E-state index is 0.0474. The Morgan fingerprint density at radius 3 is 1.34 bits per heavy atom. The highest BCUT2D eigenvalue weighted by Crippen LogP contribution is 2.26. The number of esters is 3. The lowest BCUT2D eigenvalue weighted by Gasteiger charge is -2.40. The highest BCUT2D eigenvalue weighted by molar-refractivity contribution is 5.74. The van der Waals surface area contributed by atoms with E-state index in [9.17, 15) is 34.5 Å². The van der Waals surface area contributed by atoms with E-state index in [0.717, 1.165) is 128 Å². The topological polar surface area (TPSA) is 175 Å². The molecule has 0 spiro atoms. The van der Waals surface area contributed by atoms with Gasteiger partial charge in [0.2, 0.25) is 0 Å². The van der Waals surface area contributed by atoms with Crippen LogP contribution >= 0.6 is 0 Å². The SMILES string of the molecule is CC/C=C\C/C=C\C/C=C\CCCCCCCC(=O)OCC(COC1OC(C(=O)O)C(O)C(O)C1OC(=O)CCCCCCC/C=C\CCCCCC)OC(=O)CCCCCCC/C=C\CCCCCCCC. The molecule has 6 unspecified atom stereocenters. The summed E-state index contributed by atoms with van der Waals surface area (Å²) in [5.41, 5.74) is 0. The molecule has 0 aromatic rings. The van der Waals surface area contributed by atoms with Gasteiger partial charge in [-0.25, -0.2) is 4.79 Å². The van der Waals surface area contributed by atoms with Gasteiger partial charge in [0.1, 0.15) is 18.8 Å². The number of carbonyl (C=O) groups excluding carboxylic acids is 3. The third-order valence-electron chi connectivity index (χ3n) is 13.0. The molecule has 1 rings (SSSR count). The monoisotopic (exact) mass is 1030 g/mol. The largest absolute Gasteiger partial charge is 0.479 e. The van der Waals surface area contributed by atoms with E-state index in [1.807, 2.05) is 0 Å². The summed E-state index contributed by atoms with van der Waals surface area (Å²) in [4.78, 5) is 51.1. The van der Waals surface area contributed by atoms with Crippen LogP contribution in [0.1, 0.15) is 252 Å². The van der Waals surface area contributed by atoms with Crippen LogP contribution in [0.2, 0.25) is 0 Å². The number of aliphatic carboxylic acids is 1. The molecule has 1 heterocycles. The molecule has 0 aromatic carbocycles. The molecule has 73 heavy (non-hydrogen) atoms. The molecule has 1 saturated heterocycles. The van der Waals surface area contributed by atoms with Gasteiger partial charge in [-0.3, -0.25) is 14.4 Å². The molecule has 0 bridgehead atoms. The number of carboxylic acids is 1. The van der Waals surface area contributed by atoms with E-state index in [1.165, 1.54) is 64.2 Å². The van der Waals surface area contributed by atoms with Crippen LogP contribution in [0.15, 0.2) is 60.8 Å². The van der Waals surface area contributed by atoms with Crippen LogP contribution in [0.5, 0.6) is 0 Å². The summed E-state index contributed by atoms with van der Waals surface area (Å²) in [6, 6.07) is 0. The van der Waals surface area contributed by atoms with E-state index < -0.39 is 67.3 Å². The second kappa shape index (κ2) is 49.3. The van der Waals surface area contributed by atoms with Gasteiger partial charge in [0.25, 0.3) is 0 Å². The molecule has 0 saturated carbocycles. The molecule has 1 aliphatic rings. The van der Waals surface area contributed by atoms with Crippen LogP contribution in [0.4, 0.5) is 0 Å². The second-order valence-corrected chi connectivity index (χ2v) is 19.9. The Bertz CT molecular complexity index is 1500. The van der Waals surface area contributed by atoms with Crippen molar-refractivity contribution in [2.24, 2.45) is 0 Å². The molecule has 12 heteroatoms. The van der Waals surface area contributed by atoms with E-state index in [-0.39, 0.29) is 25.9 Å². The summed E-state index contributed by atoms with van der Waals surface area (Å²) in [5.74, 6) is -3.16. The first-order valence-corrected chi connectivity index (χ1v) is 29.3. The standard InChI is InChI=1S/C61H104O12/c1-4-7-10-13-16-19-22-25-27-30-32-35-38-41-44-47-53(62)69-50-52(71-54(63)48-45-42-39-36-34-31-28-26-23-20-17-14-11-8-5-2)51-70-61-59(57(66)56(65)58(73-61)60(67)68)72-55(64)49-46-43-40-37-33-29-24-21-18-15-12-9-6-3/h7,10,16,19,21,24-28,52,56-59,61,65-66H,4-6,8-9,11-15,17-18,20,22-23,29-51H2,1-3H3,(H,67,68)/b10-7-,19-16-,24-21-,27-25-,28-26-. The van der Waals surface area contributed by atoms with E-state index >= 15 is 0 Å². The van der Waals surface area contributed by atoms with Crippen molar-refractivity contribution in [2.45, 2.75) is 289 Å². The van der Waals surface area contributed by atoms with Crippen molar-refractivity contribution >= 4 is 23.9 Å². The number of carboxylic acid groups (broad SMARTS) is 1. The Labute approximate surface area is 443 Å². The average Bonchev–Trinajstić information content (AvgIpc) is 3.37. The molecule has 3 N–H and O–H groups in total. The molecular formula is C61H104O12. The zero-order chi connectivity index (χ0) is 53.3. The zero-order valence-electron chi connectivity index (χ0n) is 46.1. The maximum Gasteiger partial charge on any atom is 0.335 e. The first-order valence-electron chi connectivity index (χ1n) is 29.3. The summed E-state index contributed by atoms with van der Waals surface area (Å²) >= 11 is 0. The Morgan fingerprint density at radius 2 is 0.863 bits per heavy atom. The lowest BCUT2D eigenvalue weighted by atomic mass is 9.98. The van der Waals surface area contributed by atoms with Gasteiger partial charge in [-0.05, 0) is 103 Å². The van der Waals surface area contributed by atoms with Crippen molar-refractivity contribution in [3.05, 3.63) is 60.8 Å². The van der Waals surface area contributed by atoms with Gasteiger partial charge in [-0.1, -0.05) is 191 Å². The molecule has 0 radical (unpaired) electrons. The van der Waals surface area contributed by atoms with E-state index in [0.29, 0.717) is 19.3 Å². The summed E-state index contributed by atoms with van der Waals surface area (Å²) < 4.78 is 28.4. The highest BCUT2D eigenvalue weighted by Gasteiger charge is 2.50. The molecule has 0 aliphatic carbocycles. The number of carbonyl (C=O) groups is 4. The molecule has 12 nitrogen and oxygen atoms in total. The van der Waals surface area contributed by atoms with Gasteiger partial charge in [0.15, 0.2) is 24.6 Å². The van der Waals surface area contributed by atoms with Crippen LogP contribution in [0, 0.1) is 0 Å². The minimum Gasteiger partial charge on any atom is -0.479 e. The lowest BCUT2D eigenvalue weighted by molar-refractivity contribution is -0.301. The third kappa shape index (κ3) is 39.5. The summed E-state index contributed by atoms with van der Waals surface area (Å²) in [6.07, 6.45) is 47.6. The van der Waals surface area contributed by atoms with Crippen LogP contribution < -0.4 is 0 Å². The molecule has 420 valence electrons. The van der Waals surface area contributed by atoms with E-state index in [2.05, 4.69) is 81.5 Å². The summed E-state index contributed by atoms with van der Waals surface area (Å²) in [7, 11) is 0. The van der Waals surface area contributed by atoms with Gasteiger partial charge in [-0.15, -0.1) is 0 Å². The third-order valence-corrected chi connectivity index (χ3v) is 13.0. The predicted molar refractivity (Wildman–Crippen MR) is 294 cm³/mol. The first-order chi connectivity index (χ1) is 35.6. The number of ether oxygens (including phenoxy) is 5. The maximum absolute atomic E-state index is 13.1. The van der Waals surface area contributed by atoms with E-state index in [4.69, 9.17) is 23.7 Å². The smallest absolute Gasteiger partial charge is 0.335 e. The fraction of sp³-hybridized carbons (Fsp3) is 0.770. The second-order valence-electron chi connectivity index (χ2n) is 19.9. The molecular weight excluding hydrogens is 925 g/mol. The number of aliphatic hydroxyl groups is 2. The summed E-state index contributed by atoms with van der Waals surface area (Å²) in [6.45, 7) is 5.83. The summed E-state index contributed by atoms with van der Waals surface area (Å²) in [5, 5.41) is 31.4. The quantitative estimate of drug-likeness (QED) is 0.0228. The Morgan fingerprint density at radius 1 is 0.466 bits per heavy atom. The first kappa shape index (κ1) is 67.4. The number of hydrogen-bond donors (Lipinski definition) is 3. The molecule has 1 fully saturated rings. The van der Waals surface area contributed by atoms with Gasteiger partial charge in [0, 0.05) is 19.3 Å². The lowest BCUT2D eigenvalue weighted by Crippen LogP contribution is -2.61. The zero-order valence-corrected chi connectivity index (χ0v) is 46.1. The molecule has 0 amide bonds. The van der Waals surface area contributed by atoms with Crippen molar-refractivity contribution in [3.8, 4) is 0 Å². The highest BCUT2D eigenvalue weighted by atomic mass is 16.7. The maximum atomic E-state index is 13.1. The number of unbranched alkanes of at least 4 members (excludes halogenated alkanes) is 25. The fourth-order valence-electron chi connectivity index (χ4n) is 8.55. The average molecular weight is 1030 g/mol.